The standard InChI is InChI=1S/C10H14BrNS/c1-7(2)9(5-11)4-10-6-12-8(3)13-10/h4,6-7H,5H2,1-3H3/b9-4-. The van der Waals surface area contributed by atoms with Crippen LogP contribution in [0.15, 0.2) is 11.8 Å². The largest absolute Gasteiger partial charge is 0.249 e. The van der Waals surface area contributed by atoms with E-state index < -0.39 is 0 Å². The zero-order chi connectivity index (χ0) is 9.84. The van der Waals surface area contributed by atoms with E-state index in [1.807, 2.05) is 13.1 Å². The quantitative estimate of drug-likeness (QED) is 0.751. The maximum atomic E-state index is 4.22. The lowest BCUT2D eigenvalue weighted by molar-refractivity contribution is 0.781. The predicted octanol–water partition coefficient (Wildman–Crippen LogP) is 3.89. The third kappa shape index (κ3) is 3.24. The highest BCUT2D eigenvalue weighted by Gasteiger charge is 2.02. The van der Waals surface area contributed by atoms with E-state index in [1.54, 1.807) is 11.3 Å². The van der Waals surface area contributed by atoms with E-state index in [4.69, 9.17) is 0 Å². The average Bonchev–Trinajstić information content (AvgIpc) is 2.46. The Morgan fingerprint density at radius 3 is 2.77 bits per heavy atom. The molecule has 1 heterocycles. The summed E-state index contributed by atoms with van der Waals surface area (Å²) in [6.45, 7) is 6.45. The molecule has 1 aromatic rings. The summed E-state index contributed by atoms with van der Waals surface area (Å²) in [5.41, 5.74) is 1.42. The summed E-state index contributed by atoms with van der Waals surface area (Å²) in [5, 5.41) is 2.07. The number of aromatic nitrogens is 1. The first kappa shape index (κ1) is 10.9. The summed E-state index contributed by atoms with van der Waals surface area (Å²) >= 11 is 5.24. The molecule has 0 bridgehead atoms. The minimum Gasteiger partial charge on any atom is -0.249 e. The second-order valence-corrected chi connectivity index (χ2v) is 5.12. The number of halogens is 1. The van der Waals surface area contributed by atoms with Gasteiger partial charge in [0.05, 0.1) is 5.01 Å². The number of hydrogen-bond donors (Lipinski definition) is 0. The Morgan fingerprint density at radius 1 is 1.69 bits per heavy atom. The summed E-state index contributed by atoms with van der Waals surface area (Å²) in [4.78, 5) is 5.47. The van der Waals surface area contributed by atoms with Crippen molar-refractivity contribution >= 4 is 33.3 Å². The third-order valence-electron chi connectivity index (χ3n) is 1.86. The second kappa shape index (κ2) is 4.91. The zero-order valence-electron chi connectivity index (χ0n) is 8.17. The Labute approximate surface area is 92.0 Å². The Bertz CT molecular complexity index is 302. The van der Waals surface area contributed by atoms with Crippen LogP contribution in [0.4, 0.5) is 0 Å². The molecular weight excluding hydrogens is 246 g/mol. The number of thiazole rings is 1. The lowest BCUT2D eigenvalue weighted by Gasteiger charge is -2.06. The molecule has 0 N–H and O–H groups in total. The first-order chi connectivity index (χ1) is 6.13. The molecule has 3 heteroatoms. The van der Waals surface area contributed by atoms with Gasteiger partial charge < -0.3 is 0 Å². The van der Waals surface area contributed by atoms with Crippen LogP contribution in [-0.4, -0.2) is 10.3 Å². The molecule has 13 heavy (non-hydrogen) atoms. The summed E-state index contributed by atoms with van der Waals surface area (Å²) in [5.74, 6) is 0.599. The van der Waals surface area contributed by atoms with Crippen molar-refractivity contribution in [2.75, 3.05) is 5.33 Å². The first-order valence-corrected chi connectivity index (χ1v) is 6.26. The first-order valence-electron chi connectivity index (χ1n) is 4.32. The Hall–Kier alpha value is -0.150. The maximum absolute atomic E-state index is 4.22. The fraction of sp³-hybridized carbons (Fsp3) is 0.500. The van der Waals surface area contributed by atoms with E-state index in [2.05, 4.69) is 40.8 Å². The van der Waals surface area contributed by atoms with Crippen molar-refractivity contribution in [2.45, 2.75) is 20.8 Å². The van der Waals surface area contributed by atoms with Crippen molar-refractivity contribution < 1.29 is 0 Å². The van der Waals surface area contributed by atoms with E-state index in [9.17, 15) is 0 Å². The van der Waals surface area contributed by atoms with Gasteiger partial charge in [0.15, 0.2) is 0 Å². The molecule has 0 aliphatic heterocycles. The zero-order valence-corrected chi connectivity index (χ0v) is 10.6. The molecule has 0 spiro atoms. The minimum atomic E-state index is 0.599. The van der Waals surface area contributed by atoms with Crippen molar-refractivity contribution in [1.29, 1.82) is 0 Å². The average molecular weight is 260 g/mol. The number of allylic oxidation sites excluding steroid dienone is 1. The summed E-state index contributed by atoms with van der Waals surface area (Å²) < 4.78 is 0. The van der Waals surface area contributed by atoms with E-state index in [1.165, 1.54) is 10.5 Å². The molecule has 1 aromatic heterocycles. The number of nitrogens with zero attached hydrogens (tertiary/aromatic N) is 1. The highest BCUT2D eigenvalue weighted by Crippen LogP contribution is 2.20. The molecule has 1 rings (SSSR count). The van der Waals surface area contributed by atoms with Crippen LogP contribution in [0, 0.1) is 12.8 Å². The van der Waals surface area contributed by atoms with Crippen molar-refractivity contribution in [2.24, 2.45) is 5.92 Å². The molecule has 0 atom stereocenters. The van der Waals surface area contributed by atoms with Crippen LogP contribution in [0.5, 0.6) is 0 Å². The van der Waals surface area contributed by atoms with Crippen LogP contribution in [0.2, 0.25) is 0 Å². The van der Waals surface area contributed by atoms with Crippen molar-refractivity contribution in [3.05, 3.63) is 21.7 Å². The molecule has 0 fully saturated rings. The van der Waals surface area contributed by atoms with Gasteiger partial charge in [-0.05, 0) is 18.9 Å². The molecule has 72 valence electrons. The van der Waals surface area contributed by atoms with Gasteiger partial charge in [-0.2, -0.15) is 0 Å². The summed E-state index contributed by atoms with van der Waals surface area (Å²) in [6, 6.07) is 0. The molecule has 0 aliphatic rings. The molecule has 1 nitrogen and oxygen atoms in total. The number of rotatable bonds is 3. The van der Waals surface area contributed by atoms with Gasteiger partial charge in [-0.25, -0.2) is 4.98 Å². The number of hydrogen-bond acceptors (Lipinski definition) is 2. The van der Waals surface area contributed by atoms with Crippen LogP contribution in [-0.2, 0) is 0 Å². The van der Waals surface area contributed by atoms with Gasteiger partial charge in [0.2, 0.25) is 0 Å². The number of alkyl halides is 1. The van der Waals surface area contributed by atoms with E-state index in [0.29, 0.717) is 5.92 Å². The van der Waals surface area contributed by atoms with Gasteiger partial charge in [0.1, 0.15) is 0 Å². The fourth-order valence-corrected chi connectivity index (χ4v) is 2.56. The maximum Gasteiger partial charge on any atom is 0.0900 e. The van der Waals surface area contributed by atoms with Crippen LogP contribution < -0.4 is 0 Å². The number of aryl methyl sites for hydroxylation is 1. The second-order valence-electron chi connectivity index (χ2n) is 3.29. The van der Waals surface area contributed by atoms with Crippen molar-refractivity contribution in [1.82, 2.24) is 4.98 Å². The highest BCUT2D eigenvalue weighted by atomic mass is 79.9. The van der Waals surface area contributed by atoms with Crippen LogP contribution >= 0.6 is 27.3 Å². The molecule has 0 aliphatic carbocycles. The van der Waals surface area contributed by atoms with E-state index in [0.717, 1.165) is 10.3 Å². The third-order valence-corrected chi connectivity index (χ3v) is 3.37. The predicted molar refractivity (Wildman–Crippen MR) is 63.5 cm³/mol. The molecule has 0 saturated heterocycles. The molecule has 0 unspecified atom stereocenters. The SMILES string of the molecule is Cc1ncc(/C=C(/CBr)C(C)C)s1. The van der Waals surface area contributed by atoms with Gasteiger partial charge in [0, 0.05) is 16.4 Å². The van der Waals surface area contributed by atoms with Crippen molar-refractivity contribution in [3.63, 3.8) is 0 Å². The molecule has 0 aromatic carbocycles. The monoisotopic (exact) mass is 259 g/mol. The summed E-state index contributed by atoms with van der Waals surface area (Å²) in [7, 11) is 0. The van der Waals surface area contributed by atoms with Crippen molar-refractivity contribution in [3.8, 4) is 0 Å². The van der Waals surface area contributed by atoms with Gasteiger partial charge in [0.25, 0.3) is 0 Å². The van der Waals surface area contributed by atoms with Gasteiger partial charge in [-0.15, -0.1) is 11.3 Å². The van der Waals surface area contributed by atoms with E-state index in [-0.39, 0.29) is 0 Å². The fourth-order valence-electron chi connectivity index (χ4n) is 0.987. The molecule has 0 saturated carbocycles. The Balaban J connectivity index is 2.84. The normalized spacial score (nSPS) is 12.5. The topological polar surface area (TPSA) is 12.9 Å². The van der Waals surface area contributed by atoms with Crippen LogP contribution in [0.25, 0.3) is 6.08 Å². The van der Waals surface area contributed by atoms with Gasteiger partial charge in [-0.3, -0.25) is 0 Å². The Morgan fingerprint density at radius 2 is 2.38 bits per heavy atom. The van der Waals surface area contributed by atoms with Gasteiger partial charge >= 0.3 is 0 Å². The van der Waals surface area contributed by atoms with Crippen LogP contribution in [0.3, 0.4) is 0 Å². The summed E-state index contributed by atoms with van der Waals surface area (Å²) in [6.07, 6.45) is 4.16. The lowest BCUT2D eigenvalue weighted by Crippen LogP contribution is -1.93. The molecule has 0 radical (unpaired) electrons. The lowest BCUT2D eigenvalue weighted by atomic mass is 10.1. The van der Waals surface area contributed by atoms with Crippen LogP contribution in [0.1, 0.15) is 23.7 Å². The highest BCUT2D eigenvalue weighted by molar-refractivity contribution is 9.09. The van der Waals surface area contributed by atoms with Gasteiger partial charge in [-0.1, -0.05) is 35.4 Å². The minimum absolute atomic E-state index is 0.599. The van der Waals surface area contributed by atoms with E-state index >= 15 is 0 Å². The molecule has 0 amide bonds. The smallest absolute Gasteiger partial charge is 0.0900 e. The molecular formula is C10H14BrNS. The Kier molecular flexibility index (Phi) is 4.13.